The van der Waals surface area contributed by atoms with Crippen molar-refractivity contribution in [3.05, 3.63) is 23.9 Å². The molecule has 1 atom stereocenters. The van der Waals surface area contributed by atoms with Crippen LogP contribution in [-0.2, 0) is 24.0 Å². The summed E-state index contributed by atoms with van der Waals surface area (Å²) in [5.41, 5.74) is 2.25. The number of hydrogen-bond acceptors (Lipinski definition) is 6. The van der Waals surface area contributed by atoms with Gasteiger partial charge in [-0.25, -0.2) is 0 Å². The number of Topliss-reactive ketones (excluding diaryl/α,β-unsaturated/α-hetero) is 2. The van der Waals surface area contributed by atoms with Gasteiger partial charge in [0.2, 0.25) is 0 Å². The number of esters is 1. The number of hydrogen-bond donors (Lipinski definition) is 1. The zero-order valence-corrected chi connectivity index (χ0v) is 14.2. The highest BCUT2D eigenvalue weighted by atomic mass is 16.6. The Bertz CT molecular complexity index is 533. The molecule has 1 aliphatic rings. The van der Waals surface area contributed by atoms with Gasteiger partial charge in [0.15, 0.2) is 11.6 Å². The van der Waals surface area contributed by atoms with E-state index in [4.69, 9.17) is 9.57 Å². The summed E-state index contributed by atoms with van der Waals surface area (Å²) >= 11 is 0. The first-order chi connectivity index (χ1) is 10.8. The molecule has 0 aromatic carbocycles. The molecule has 1 N–H and O–H groups in total. The maximum Gasteiger partial charge on any atom is 0.317 e. The first-order valence-corrected chi connectivity index (χ1v) is 7.76. The van der Waals surface area contributed by atoms with Gasteiger partial charge in [-0.3, -0.25) is 24.7 Å². The Morgan fingerprint density at radius 1 is 1.39 bits per heavy atom. The van der Waals surface area contributed by atoms with Crippen LogP contribution in [0.1, 0.15) is 40.5 Å². The molecule has 1 unspecified atom stereocenters. The van der Waals surface area contributed by atoms with Crippen molar-refractivity contribution < 1.29 is 24.0 Å². The summed E-state index contributed by atoms with van der Waals surface area (Å²) in [6.07, 6.45) is 2.05. The molecule has 0 saturated heterocycles. The van der Waals surface area contributed by atoms with E-state index in [9.17, 15) is 14.4 Å². The van der Waals surface area contributed by atoms with Gasteiger partial charge < -0.3 is 4.74 Å². The van der Waals surface area contributed by atoms with Gasteiger partial charge in [0.05, 0.1) is 24.5 Å². The Labute approximate surface area is 136 Å². The summed E-state index contributed by atoms with van der Waals surface area (Å²) in [5, 5.41) is 0. The van der Waals surface area contributed by atoms with Crippen molar-refractivity contribution in [3.63, 3.8) is 0 Å². The number of ketones is 2. The summed E-state index contributed by atoms with van der Waals surface area (Å²) in [7, 11) is 0. The van der Waals surface area contributed by atoms with Crippen LogP contribution in [0.5, 0.6) is 0 Å². The standard InChI is InChI=1S/C17H25NO5/c1-6-9-23-18-11(7-2)13-12(19)10-17(4,5)14(15(13)20)16(21)22-8-3/h6,14,18H,1,7-10H2,2-5H3. The fourth-order valence-electron chi connectivity index (χ4n) is 2.70. The molecule has 128 valence electrons. The van der Waals surface area contributed by atoms with Crippen molar-refractivity contribution in [2.45, 2.75) is 40.5 Å². The second kappa shape index (κ2) is 8.06. The first-order valence-electron chi connectivity index (χ1n) is 7.76. The highest BCUT2D eigenvalue weighted by molar-refractivity contribution is 6.27. The van der Waals surface area contributed by atoms with Crippen LogP contribution in [0, 0.1) is 11.3 Å². The maximum atomic E-state index is 12.8. The summed E-state index contributed by atoms with van der Waals surface area (Å²) in [5.74, 6) is -2.36. The summed E-state index contributed by atoms with van der Waals surface area (Å²) in [6, 6.07) is 0. The van der Waals surface area contributed by atoms with E-state index in [-0.39, 0.29) is 31.0 Å². The fourth-order valence-corrected chi connectivity index (χ4v) is 2.70. The van der Waals surface area contributed by atoms with E-state index in [1.165, 1.54) is 0 Å². The van der Waals surface area contributed by atoms with Gasteiger partial charge in [-0.2, -0.15) is 0 Å². The van der Waals surface area contributed by atoms with E-state index in [1.54, 1.807) is 33.8 Å². The predicted molar refractivity (Wildman–Crippen MR) is 85.1 cm³/mol. The van der Waals surface area contributed by atoms with E-state index in [1.807, 2.05) is 0 Å². The van der Waals surface area contributed by atoms with E-state index >= 15 is 0 Å². The summed E-state index contributed by atoms with van der Waals surface area (Å²) in [6.45, 7) is 10.9. The number of ether oxygens (including phenoxy) is 1. The molecule has 0 aromatic rings. The molecule has 23 heavy (non-hydrogen) atoms. The molecule has 0 aromatic heterocycles. The first kappa shape index (κ1) is 19.1. The molecule has 1 aliphatic carbocycles. The highest BCUT2D eigenvalue weighted by Gasteiger charge is 2.50. The third kappa shape index (κ3) is 4.28. The molecular weight excluding hydrogens is 298 g/mol. The van der Waals surface area contributed by atoms with E-state index in [2.05, 4.69) is 12.1 Å². The van der Waals surface area contributed by atoms with Crippen LogP contribution in [-0.4, -0.2) is 30.7 Å². The van der Waals surface area contributed by atoms with Crippen LogP contribution in [0.4, 0.5) is 0 Å². The molecule has 0 bridgehead atoms. The quantitative estimate of drug-likeness (QED) is 0.147. The Morgan fingerprint density at radius 2 is 2.04 bits per heavy atom. The van der Waals surface area contributed by atoms with Crippen LogP contribution in [0.2, 0.25) is 0 Å². The highest BCUT2D eigenvalue weighted by Crippen LogP contribution is 2.40. The molecule has 0 heterocycles. The predicted octanol–water partition coefficient (Wildman–Crippen LogP) is 2.11. The smallest absolute Gasteiger partial charge is 0.317 e. The number of allylic oxidation sites excluding steroid dienone is 2. The largest absolute Gasteiger partial charge is 0.465 e. The average Bonchev–Trinajstić information content (AvgIpc) is 2.44. The van der Waals surface area contributed by atoms with Crippen LogP contribution in [0.15, 0.2) is 23.9 Å². The molecule has 1 saturated carbocycles. The van der Waals surface area contributed by atoms with E-state index in [0.717, 1.165) is 0 Å². The number of hydroxylamine groups is 1. The Kier molecular flexibility index (Phi) is 6.69. The lowest BCUT2D eigenvalue weighted by Gasteiger charge is -2.36. The third-order valence-electron chi connectivity index (χ3n) is 3.76. The Morgan fingerprint density at radius 3 is 2.57 bits per heavy atom. The molecule has 1 fully saturated rings. The van der Waals surface area contributed by atoms with Crippen LogP contribution >= 0.6 is 0 Å². The van der Waals surface area contributed by atoms with Crippen LogP contribution in [0.25, 0.3) is 0 Å². The minimum atomic E-state index is -0.988. The van der Waals surface area contributed by atoms with Gasteiger partial charge in [-0.15, -0.1) is 6.58 Å². The zero-order chi connectivity index (χ0) is 17.6. The monoisotopic (exact) mass is 323 g/mol. The summed E-state index contributed by atoms with van der Waals surface area (Å²) in [4.78, 5) is 42.6. The molecule has 6 heteroatoms. The van der Waals surface area contributed by atoms with Gasteiger partial charge >= 0.3 is 5.97 Å². The van der Waals surface area contributed by atoms with Gasteiger partial charge in [-0.05, 0) is 18.8 Å². The molecule has 1 rings (SSSR count). The molecule has 0 spiro atoms. The van der Waals surface area contributed by atoms with E-state index in [0.29, 0.717) is 12.1 Å². The number of rotatable bonds is 7. The van der Waals surface area contributed by atoms with Crippen molar-refractivity contribution in [2.24, 2.45) is 11.3 Å². The topological polar surface area (TPSA) is 81.7 Å². The molecule has 0 radical (unpaired) electrons. The van der Waals surface area contributed by atoms with Gasteiger partial charge in [-0.1, -0.05) is 26.8 Å². The normalized spacial score (nSPS) is 22.5. The average molecular weight is 323 g/mol. The van der Waals surface area contributed by atoms with Crippen LogP contribution < -0.4 is 5.48 Å². The lowest BCUT2D eigenvalue weighted by atomic mass is 9.65. The Balaban J connectivity index is 3.21. The number of carbonyl (C=O) groups is 3. The third-order valence-corrected chi connectivity index (χ3v) is 3.76. The maximum absolute atomic E-state index is 12.8. The number of nitrogens with one attached hydrogen (secondary N) is 1. The van der Waals surface area contributed by atoms with Gasteiger partial charge in [0.25, 0.3) is 0 Å². The lowest BCUT2D eigenvalue weighted by molar-refractivity contribution is -0.157. The van der Waals surface area contributed by atoms with Crippen molar-refractivity contribution in [1.82, 2.24) is 5.48 Å². The molecular formula is C17H25NO5. The SMILES string of the molecule is C=CCONC(CC)=C1C(=O)CC(C)(C)C(C(=O)OCC)C1=O. The molecule has 0 aliphatic heterocycles. The lowest BCUT2D eigenvalue weighted by Crippen LogP contribution is -2.47. The van der Waals surface area contributed by atoms with Gasteiger partial charge in [0.1, 0.15) is 5.92 Å². The van der Waals surface area contributed by atoms with E-state index < -0.39 is 23.1 Å². The second-order valence-electron chi connectivity index (χ2n) is 6.05. The minimum Gasteiger partial charge on any atom is -0.465 e. The van der Waals surface area contributed by atoms with Crippen LogP contribution in [0.3, 0.4) is 0 Å². The molecule has 0 amide bonds. The van der Waals surface area contributed by atoms with Crippen molar-refractivity contribution >= 4 is 17.5 Å². The van der Waals surface area contributed by atoms with Crippen molar-refractivity contribution in [1.29, 1.82) is 0 Å². The van der Waals surface area contributed by atoms with Crippen molar-refractivity contribution in [2.75, 3.05) is 13.2 Å². The second-order valence-corrected chi connectivity index (χ2v) is 6.05. The fraction of sp³-hybridized carbons (Fsp3) is 0.588. The van der Waals surface area contributed by atoms with Gasteiger partial charge in [0, 0.05) is 6.42 Å². The molecule has 6 nitrogen and oxygen atoms in total. The minimum absolute atomic E-state index is 0.00828. The Hall–Kier alpha value is -1.95. The van der Waals surface area contributed by atoms with Crippen molar-refractivity contribution in [3.8, 4) is 0 Å². The summed E-state index contributed by atoms with van der Waals surface area (Å²) < 4.78 is 5.02. The zero-order valence-electron chi connectivity index (χ0n) is 14.2. The number of carbonyl (C=O) groups excluding carboxylic acids is 3.